The number of amides is 1. The third kappa shape index (κ3) is 5.19. The Morgan fingerprint density at radius 2 is 1.84 bits per heavy atom. The average Bonchev–Trinajstić information content (AvgIpc) is 3.11. The molecular formula is C24H20Cl2N2O3. The molecule has 3 aromatic carbocycles. The van der Waals surface area contributed by atoms with Crippen molar-refractivity contribution in [3.05, 3.63) is 87.2 Å². The molecule has 0 aliphatic carbocycles. The average molecular weight is 455 g/mol. The quantitative estimate of drug-likeness (QED) is 0.368. The van der Waals surface area contributed by atoms with Gasteiger partial charge < -0.3 is 14.5 Å². The number of fused-ring (bicyclic) bond motifs is 1. The molecule has 1 aromatic heterocycles. The minimum absolute atomic E-state index is 0.162. The lowest BCUT2D eigenvalue weighted by Crippen LogP contribution is -2.20. The van der Waals surface area contributed by atoms with Crippen molar-refractivity contribution in [3.8, 4) is 5.75 Å². The fourth-order valence-corrected chi connectivity index (χ4v) is 3.77. The van der Waals surface area contributed by atoms with E-state index in [1.165, 1.54) is 0 Å². The summed E-state index contributed by atoms with van der Waals surface area (Å²) in [4.78, 5) is 16.8. The number of nitrogens with zero attached hydrogens (tertiary/aromatic N) is 1. The molecule has 0 aliphatic rings. The molecule has 0 radical (unpaired) electrons. The lowest BCUT2D eigenvalue weighted by Gasteiger charge is -2.09. The van der Waals surface area contributed by atoms with Crippen molar-refractivity contribution in [3.63, 3.8) is 0 Å². The van der Waals surface area contributed by atoms with E-state index in [-0.39, 0.29) is 12.5 Å². The number of ether oxygens (including phenoxy) is 1. The molecule has 1 heterocycles. The summed E-state index contributed by atoms with van der Waals surface area (Å²) in [6, 6.07) is 16.5. The fraction of sp³-hybridized carbons (Fsp3) is 0.167. The van der Waals surface area contributed by atoms with E-state index < -0.39 is 0 Å². The van der Waals surface area contributed by atoms with Gasteiger partial charge in [0.15, 0.2) is 18.1 Å². The van der Waals surface area contributed by atoms with Gasteiger partial charge in [0.25, 0.3) is 5.91 Å². The first-order chi connectivity index (χ1) is 14.9. The number of oxazole rings is 1. The van der Waals surface area contributed by atoms with Crippen LogP contribution in [-0.2, 0) is 11.2 Å². The monoisotopic (exact) mass is 454 g/mol. The van der Waals surface area contributed by atoms with Gasteiger partial charge in [0.2, 0.25) is 0 Å². The predicted octanol–water partition coefficient (Wildman–Crippen LogP) is 6.36. The van der Waals surface area contributed by atoms with Gasteiger partial charge in [-0.3, -0.25) is 4.79 Å². The number of aromatic nitrogens is 1. The minimum Gasteiger partial charge on any atom is -0.482 e. The van der Waals surface area contributed by atoms with E-state index in [1.54, 1.807) is 18.2 Å². The molecule has 4 aromatic rings. The van der Waals surface area contributed by atoms with Crippen LogP contribution in [0.25, 0.3) is 11.1 Å². The molecule has 0 unspecified atom stereocenters. The van der Waals surface area contributed by atoms with E-state index >= 15 is 0 Å². The van der Waals surface area contributed by atoms with Gasteiger partial charge in [0, 0.05) is 17.1 Å². The highest BCUT2D eigenvalue weighted by Crippen LogP contribution is 2.27. The molecule has 0 fully saturated rings. The number of aryl methyl sites for hydroxylation is 2. The maximum atomic E-state index is 12.2. The molecule has 4 rings (SSSR count). The van der Waals surface area contributed by atoms with E-state index in [2.05, 4.69) is 16.4 Å². The molecule has 7 heteroatoms. The Balaban J connectivity index is 1.35. The highest BCUT2D eigenvalue weighted by molar-refractivity contribution is 6.35. The number of carbonyl (C=O) groups excluding carboxylic acids is 1. The first-order valence-corrected chi connectivity index (χ1v) is 10.5. The van der Waals surface area contributed by atoms with Crippen LogP contribution in [0.4, 0.5) is 5.69 Å². The van der Waals surface area contributed by atoms with Gasteiger partial charge in [-0.2, -0.15) is 0 Å². The van der Waals surface area contributed by atoms with Crippen molar-refractivity contribution in [2.45, 2.75) is 20.3 Å². The topological polar surface area (TPSA) is 64.4 Å². The molecule has 1 amide bonds. The lowest BCUT2D eigenvalue weighted by atomic mass is 10.1. The molecule has 0 bridgehead atoms. The third-order valence-corrected chi connectivity index (χ3v) is 5.24. The zero-order chi connectivity index (χ0) is 22.0. The molecule has 0 saturated heterocycles. The van der Waals surface area contributed by atoms with Crippen molar-refractivity contribution >= 4 is 45.9 Å². The Kier molecular flexibility index (Phi) is 6.16. The smallest absolute Gasteiger partial charge is 0.262 e. The van der Waals surface area contributed by atoms with Crippen LogP contribution in [0.1, 0.15) is 22.6 Å². The van der Waals surface area contributed by atoms with Crippen molar-refractivity contribution in [2.24, 2.45) is 0 Å². The van der Waals surface area contributed by atoms with Crippen LogP contribution >= 0.6 is 23.2 Å². The first kappa shape index (κ1) is 21.2. The molecule has 0 aliphatic heterocycles. The summed E-state index contributed by atoms with van der Waals surface area (Å²) in [6.45, 7) is 3.90. The molecule has 158 valence electrons. The SMILES string of the molecule is Cc1cc(C)c2oc(Cc3ccc(NC(=O)COc4ccc(Cl)cc4Cl)cc3)nc2c1. The summed E-state index contributed by atoms with van der Waals surface area (Å²) in [6.07, 6.45) is 0.569. The first-order valence-electron chi connectivity index (χ1n) is 9.71. The van der Waals surface area contributed by atoms with Crippen LogP contribution in [0, 0.1) is 13.8 Å². The Labute approximate surface area is 189 Å². The number of nitrogens with one attached hydrogen (secondary N) is 1. The molecule has 0 atom stereocenters. The number of benzene rings is 3. The van der Waals surface area contributed by atoms with Crippen molar-refractivity contribution in [1.82, 2.24) is 4.98 Å². The van der Waals surface area contributed by atoms with Gasteiger partial charge in [0.05, 0.1) is 5.02 Å². The van der Waals surface area contributed by atoms with E-state index in [4.69, 9.17) is 32.4 Å². The van der Waals surface area contributed by atoms with E-state index in [0.717, 1.165) is 27.8 Å². The second-order valence-corrected chi connectivity index (χ2v) is 8.17. The van der Waals surface area contributed by atoms with Gasteiger partial charge in [-0.05, 0) is 66.9 Å². The number of carbonyl (C=O) groups is 1. The molecule has 1 N–H and O–H groups in total. The number of anilines is 1. The van der Waals surface area contributed by atoms with Crippen molar-refractivity contribution in [2.75, 3.05) is 11.9 Å². The number of halogens is 2. The Bertz CT molecular complexity index is 1250. The van der Waals surface area contributed by atoms with Gasteiger partial charge in [-0.25, -0.2) is 4.98 Å². The Morgan fingerprint density at radius 3 is 2.58 bits per heavy atom. The van der Waals surface area contributed by atoms with Crippen LogP contribution in [-0.4, -0.2) is 17.5 Å². The number of hydrogen-bond donors (Lipinski definition) is 1. The van der Waals surface area contributed by atoms with Crippen LogP contribution < -0.4 is 10.1 Å². The standard InChI is InChI=1S/C24H20Cl2N2O3/c1-14-9-15(2)24-20(10-14)28-23(31-24)11-16-3-6-18(7-4-16)27-22(29)13-30-21-8-5-17(25)12-19(21)26/h3-10,12H,11,13H2,1-2H3,(H,27,29). The highest BCUT2D eigenvalue weighted by Gasteiger charge is 2.11. The maximum Gasteiger partial charge on any atom is 0.262 e. The van der Waals surface area contributed by atoms with Crippen LogP contribution in [0.5, 0.6) is 5.75 Å². The van der Waals surface area contributed by atoms with Gasteiger partial charge in [-0.1, -0.05) is 41.4 Å². The maximum absolute atomic E-state index is 12.2. The third-order valence-electron chi connectivity index (χ3n) is 4.71. The van der Waals surface area contributed by atoms with E-state index in [1.807, 2.05) is 44.2 Å². The van der Waals surface area contributed by atoms with Crippen molar-refractivity contribution < 1.29 is 13.9 Å². The summed E-state index contributed by atoms with van der Waals surface area (Å²) in [5.41, 5.74) is 5.63. The van der Waals surface area contributed by atoms with Crippen molar-refractivity contribution in [1.29, 1.82) is 0 Å². The predicted molar refractivity (Wildman–Crippen MR) is 123 cm³/mol. The fourth-order valence-electron chi connectivity index (χ4n) is 3.31. The normalized spacial score (nSPS) is 11.0. The molecule has 0 saturated carbocycles. The van der Waals surface area contributed by atoms with E-state index in [0.29, 0.717) is 33.8 Å². The largest absolute Gasteiger partial charge is 0.482 e. The zero-order valence-electron chi connectivity index (χ0n) is 17.0. The second kappa shape index (κ2) is 9.00. The Hall–Kier alpha value is -3.02. The van der Waals surface area contributed by atoms with Crippen LogP contribution in [0.15, 0.2) is 59.0 Å². The second-order valence-electron chi connectivity index (χ2n) is 7.32. The molecule has 0 spiro atoms. The molecular weight excluding hydrogens is 435 g/mol. The van der Waals surface area contributed by atoms with Gasteiger partial charge in [0.1, 0.15) is 11.3 Å². The van der Waals surface area contributed by atoms with Gasteiger partial charge in [-0.15, -0.1) is 0 Å². The summed E-state index contributed by atoms with van der Waals surface area (Å²) < 4.78 is 11.4. The summed E-state index contributed by atoms with van der Waals surface area (Å²) in [7, 11) is 0. The molecule has 31 heavy (non-hydrogen) atoms. The summed E-state index contributed by atoms with van der Waals surface area (Å²) in [5, 5.41) is 3.66. The highest BCUT2D eigenvalue weighted by atomic mass is 35.5. The summed E-state index contributed by atoms with van der Waals surface area (Å²) in [5.74, 6) is 0.776. The number of hydrogen-bond acceptors (Lipinski definition) is 4. The van der Waals surface area contributed by atoms with Crippen LogP contribution in [0.3, 0.4) is 0 Å². The minimum atomic E-state index is -0.288. The molecule has 5 nitrogen and oxygen atoms in total. The summed E-state index contributed by atoms with van der Waals surface area (Å²) >= 11 is 11.9. The van der Waals surface area contributed by atoms with Gasteiger partial charge >= 0.3 is 0 Å². The van der Waals surface area contributed by atoms with E-state index in [9.17, 15) is 4.79 Å². The number of rotatable bonds is 6. The Morgan fingerprint density at radius 1 is 1.06 bits per heavy atom. The zero-order valence-corrected chi connectivity index (χ0v) is 18.6. The van der Waals surface area contributed by atoms with Crippen LogP contribution in [0.2, 0.25) is 10.0 Å². The lowest BCUT2D eigenvalue weighted by molar-refractivity contribution is -0.118.